The number of nitrogens with one attached hydrogen (secondary N) is 1. The number of thiocarbonyl (C=S) groups is 1. The number of nitrogens with zero attached hydrogens (tertiary/aromatic N) is 2. The van der Waals surface area contributed by atoms with Gasteiger partial charge < -0.3 is 9.88 Å². The normalized spacial score (nSPS) is 11.3. The summed E-state index contributed by atoms with van der Waals surface area (Å²) in [6.07, 6.45) is 1.92. The summed E-state index contributed by atoms with van der Waals surface area (Å²) >= 11 is 11.0. The topological polar surface area (TPSA) is 29.3 Å². The summed E-state index contributed by atoms with van der Waals surface area (Å²) in [7, 11) is 1.92. The minimum atomic E-state index is 0.416. The quantitative estimate of drug-likeness (QED) is 0.812. The predicted molar refractivity (Wildman–Crippen MR) is 78.6 cm³/mol. The van der Waals surface area contributed by atoms with Gasteiger partial charge in [-0.15, -0.1) is 0 Å². The highest BCUT2D eigenvalue weighted by Crippen LogP contribution is 2.13. The SMILES string of the molecule is Cn1ccccc1=NC(=S)Nc1ccc(Cl)cc1. The second-order valence-electron chi connectivity index (χ2n) is 3.72. The second-order valence-corrected chi connectivity index (χ2v) is 4.54. The fourth-order valence-electron chi connectivity index (χ4n) is 1.42. The van der Waals surface area contributed by atoms with Crippen LogP contribution in [0.3, 0.4) is 0 Å². The summed E-state index contributed by atoms with van der Waals surface area (Å²) in [6.45, 7) is 0. The highest BCUT2D eigenvalue weighted by molar-refractivity contribution is 7.80. The third-order valence-corrected chi connectivity index (χ3v) is 2.78. The van der Waals surface area contributed by atoms with Crippen molar-refractivity contribution in [2.75, 3.05) is 5.32 Å². The smallest absolute Gasteiger partial charge is 0.199 e. The Morgan fingerprint density at radius 2 is 1.94 bits per heavy atom. The molecule has 2 aromatic rings. The molecule has 92 valence electrons. The van der Waals surface area contributed by atoms with E-state index in [-0.39, 0.29) is 0 Å². The van der Waals surface area contributed by atoms with Gasteiger partial charge in [-0.1, -0.05) is 17.7 Å². The Bertz CT molecular complexity index is 617. The molecular weight excluding hydrogens is 266 g/mol. The van der Waals surface area contributed by atoms with Crippen LogP contribution in [-0.4, -0.2) is 9.68 Å². The van der Waals surface area contributed by atoms with Gasteiger partial charge in [0.15, 0.2) is 5.11 Å². The first-order valence-corrected chi connectivity index (χ1v) is 6.17. The van der Waals surface area contributed by atoms with Gasteiger partial charge in [-0.2, -0.15) is 0 Å². The van der Waals surface area contributed by atoms with Gasteiger partial charge in [0.25, 0.3) is 0 Å². The summed E-state index contributed by atoms with van der Waals surface area (Å²) in [4.78, 5) is 4.33. The molecule has 5 heteroatoms. The van der Waals surface area contributed by atoms with E-state index in [1.165, 1.54) is 0 Å². The van der Waals surface area contributed by atoms with Crippen molar-refractivity contribution in [1.82, 2.24) is 4.57 Å². The molecule has 1 aromatic carbocycles. The van der Waals surface area contributed by atoms with Crippen molar-refractivity contribution in [2.24, 2.45) is 12.0 Å². The lowest BCUT2D eigenvalue weighted by Gasteiger charge is -2.04. The molecule has 0 radical (unpaired) electrons. The zero-order valence-electron chi connectivity index (χ0n) is 9.80. The van der Waals surface area contributed by atoms with Crippen molar-refractivity contribution in [3.63, 3.8) is 0 Å². The molecule has 0 aliphatic heterocycles. The lowest BCUT2D eigenvalue weighted by Crippen LogP contribution is -2.20. The number of rotatable bonds is 1. The Morgan fingerprint density at radius 3 is 2.61 bits per heavy atom. The monoisotopic (exact) mass is 277 g/mol. The lowest BCUT2D eigenvalue weighted by molar-refractivity contribution is 0.839. The molecule has 18 heavy (non-hydrogen) atoms. The highest BCUT2D eigenvalue weighted by Gasteiger charge is 1.96. The van der Waals surface area contributed by atoms with Gasteiger partial charge in [-0.05, 0) is 48.6 Å². The first kappa shape index (κ1) is 12.8. The van der Waals surface area contributed by atoms with E-state index in [4.69, 9.17) is 23.8 Å². The molecule has 2 rings (SSSR count). The van der Waals surface area contributed by atoms with Crippen molar-refractivity contribution < 1.29 is 0 Å². The predicted octanol–water partition coefficient (Wildman–Crippen LogP) is 2.98. The van der Waals surface area contributed by atoms with E-state index in [0.29, 0.717) is 10.1 Å². The van der Waals surface area contributed by atoms with E-state index in [1.807, 2.05) is 48.1 Å². The van der Waals surface area contributed by atoms with Gasteiger partial charge in [0.2, 0.25) is 0 Å². The Hall–Kier alpha value is -1.65. The van der Waals surface area contributed by atoms with Gasteiger partial charge in [-0.3, -0.25) is 0 Å². The molecule has 1 heterocycles. The van der Waals surface area contributed by atoms with Crippen LogP contribution in [0.15, 0.2) is 53.7 Å². The van der Waals surface area contributed by atoms with Crippen LogP contribution in [0.4, 0.5) is 5.69 Å². The first-order chi connectivity index (χ1) is 8.65. The van der Waals surface area contributed by atoms with Crippen LogP contribution < -0.4 is 10.8 Å². The van der Waals surface area contributed by atoms with Crippen LogP contribution in [0.1, 0.15) is 0 Å². The summed E-state index contributed by atoms with van der Waals surface area (Å²) in [6, 6.07) is 13.1. The molecule has 0 bridgehead atoms. The zero-order chi connectivity index (χ0) is 13.0. The summed E-state index contributed by atoms with van der Waals surface area (Å²) in [5.41, 5.74) is 1.66. The molecule has 0 saturated heterocycles. The molecule has 0 atom stereocenters. The van der Waals surface area contributed by atoms with Crippen LogP contribution in [-0.2, 0) is 7.05 Å². The van der Waals surface area contributed by atoms with E-state index in [0.717, 1.165) is 11.2 Å². The van der Waals surface area contributed by atoms with Crippen molar-refractivity contribution in [1.29, 1.82) is 0 Å². The third-order valence-electron chi connectivity index (χ3n) is 2.34. The Labute approximate surface area is 116 Å². The second kappa shape index (κ2) is 5.80. The van der Waals surface area contributed by atoms with E-state index in [2.05, 4.69) is 10.3 Å². The molecule has 0 aliphatic rings. The minimum absolute atomic E-state index is 0.416. The minimum Gasteiger partial charge on any atom is -0.336 e. The number of pyridine rings is 1. The van der Waals surface area contributed by atoms with E-state index < -0.39 is 0 Å². The lowest BCUT2D eigenvalue weighted by atomic mass is 10.3. The maximum Gasteiger partial charge on any atom is 0.199 e. The molecule has 0 amide bonds. The van der Waals surface area contributed by atoms with Crippen LogP contribution in [0.2, 0.25) is 5.02 Å². The van der Waals surface area contributed by atoms with Crippen molar-refractivity contribution in [2.45, 2.75) is 0 Å². The van der Waals surface area contributed by atoms with Crippen molar-refractivity contribution in [3.05, 3.63) is 59.2 Å². The number of hydrogen-bond acceptors (Lipinski definition) is 1. The zero-order valence-corrected chi connectivity index (χ0v) is 11.4. The molecule has 0 saturated carbocycles. The van der Waals surface area contributed by atoms with Crippen molar-refractivity contribution >= 4 is 34.6 Å². The van der Waals surface area contributed by atoms with Gasteiger partial charge >= 0.3 is 0 Å². The van der Waals surface area contributed by atoms with Gasteiger partial charge in [0, 0.05) is 24.0 Å². The third kappa shape index (κ3) is 3.42. The average Bonchev–Trinajstić information content (AvgIpc) is 2.35. The number of aryl methyl sites for hydroxylation is 1. The Balaban J connectivity index is 2.17. The molecule has 0 spiro atoms. The van der Waals surface area contributed by atoms with E-state index >= 15 is 0 Å². The van der Waals surface area contributed by atoms with Gasteiger partial charge in [0.05, 0.1) is 0 Å². The van der Waals surface area contributed by atoms with Crippen LogP contribution in [0.5, 0.6) is 0 Å². The molecule has 1 N–H and O–H groups in total. The molecule has 0 fully saturated rings. The maximum absolute atomic E-state index is 5.81. The number of anilines is 1. The molecule has 0 unspecified atom stereocenters. The number of halogens is 1. The standard InChI is InChI=1S/C13H12ClN3S/c1-17-9-3-2-4-12(17)16-13(18)15-11-7-5-10(14)6-8-11/h2-9H,1H3,(H,15,18). The van der Waals surface area contributed by atoms with Crippen LogP contribution in [0.25, 0.3) is 0 Å². The van der Waals surface area contributed by atoms with Gasteiger partial charge in [-0.25, -0.2) is 4.99 Å². The van der Waals surface area contributed by atoms with Crippen LogP contribution >= 0.6 is 23.8 Å². The number of benzene rings is 1. The molecular formula is C13H12ClN3S. The van der Waals surface area contributed by atoms with Crippen molar-refractivity contribution in [3.8, 4) is 0 Å². The molecule has 0 aliphatic carbocycles. The number of aromatic nitrogens is 1. The molecule has 1 aromatic heterocycles. The fourth-order valence-corrected chi connectivity index (χ4v) is 1.76. The summed E-state index contributed by atoms with van der Waals surface area (Å²) in [5.74, 6) is 0. The number of hydrogen-bond donors (Lipinski definition) is 1. The first-order valence-electron chi connectivity index (χ1n) is 5.38. The van der Waals surface area contributed by atoms with Gasteiger partial charge in [0.1, 0.15) is 5.49 Å². The molecule has 3 nitrogen and oxygen atoms in total. The Kier molecular flexibility index (Phi) is 4.12. The summed E-state index contributed by atoms with van der Waals surface area (Å²) in [5, 5.41) is 4.15. The van der Waals surface area contributed by atoms with E-state index in [9.17, 15) is 0 Å². The summed E-state index contributed by atoms with van der Waals surface area (Å²) < 4.78 is 1.90. The highest BCUT2D eigenvalue weighted by atomic mass is 35.5. The fraction of sp³-hybridized carbons (Fsp3) is 0.0769. The van der Waals surface area contributed by atoms with Crippen LogP contribution in [0, 0.1) is 0 Å². The average molecular weight is 278 g/mol. The largest absolute Gasteiger partial charge is 0.336 e. The maximum atomic E-state index is 5.81. The Morgan fingerprint density at radius 1 is 1.22 bits per heavy atom. The van der Waals surface area contributed by atoms with E-state index in [1.54, 1.807) is 12.1 Å².